The lowest BCUT2D eigenvalue weighted by atomic mass is 9.63. The van der Waals surface area contributed by atoms with Crippen LogP contribution in [0.25, 0.3) is 0 Å². The number of aliphatic hydroxyl groups excluding tert-OH is 2. The number of hydrogen-bond acceptors (Lipinski definition) is 2. The van der Waals surface area contributed by atoms with Gasteiger partial charge < -0.3 is 10.2 Å². The van der Waals surface area contributed by atoms with Gasteiger partial charge in [0.05, 0.1) is 6.10 Å². The highest BCUT2D eigenvalue weighted by molar-refractivity contribution is 5.30. The van der Waals surface area contributed by atoms with Gasteiger partial charge in [0.2, 0.25) is 0 Å². The molecule has 0 heterocycles. The lowest BCUT2D eigenvalue weighted by molar-refractivity contribution is -0.0493. The van der Waals surface area contributed by atoms with Crippen molar-refractivity contribution in [3.63, 3.8) is 0 Å². The van der Waals surface area contributed by atoms with Gasteiger partial charge in [-0.1, -0.05) is 31.1 Å². The van der Waals surface area contributed by atoms with Gasteiger partial charge in [-0.2, -0.15) is 0 Å². The van der Waals surface area contributed by atoms with Crippen molar-refractivity contribution in [3.05, 3.63) is 23.3 Å². The van der Waals surface area contributed by atoms with E-state index in [1.807, 2.05) is 0 Å². The maximum atomic E-state index is 10.1. The van der Waals surface area contributed by atoms with E-state index >= 15 is 0 Å². The summed E-state index contributed by atoms with van der Waals surface area (Å²) in [7, 11) is 0. The molecule has 2 N–H and O–H groups in total. The molecule has 0 unspecified atom stereocenters. The molecule has 0 bridgehead atoms. The smallest absolute Gasteiger partial charge is 0.0595 e. The normalized spacial score (nSPS) is 31.1. The molecule has 1 aliphatic rings. The van der Waals surface area contributed by atoms with E-state index in [1.54, 1.807) is 0 Å². The van der Waals surface area contributed by atoms with E-state index < -0.39 is 0 Å². The fraction of sp³-hybridized carbons (Fsp3) is 0.765. The summed E-state index contributed by atoms with van der Waals surface area (Å²) in [5, 5.41) is 19.7. The van der Waals surface area contributed by atoms with Crippen LogP contribution in [0.2, 0.25) is 0 Å². The standard InChI is InChI=1S/C17H30O2/c1-12(2)14(13(3)4)8-10-17(5)9-6-7-16(19)15(17)11-18/h15-16,18-19H,1,6-11H2,2-5H3/t15-,16-,17+/m1/s1. The highest BCUT2D eigenvalue weighted by Gasteiger charge is 2.40. The van der Waals surface area contributed by atoms with Gasteiger partial charge in [-0.05, 0) is 57.4 Å². The molecule has 1 saturated carbocycles. The fourth-order valence-electron chi connectivity index (χ4n) is 3.52. The summed E-state index contributed by atoms with van der Waals surface area (Å²) in [6.45, 7) is 12.7. The number of allylic oxidation sites excluding steroid dienone is 3. The van der Waals surface area contributed by atoms with Gasteiger partial charge in [-0.3, -0.25) is 0 Å². The van der Waals surface area contributed by atoms with Crippen molar-refractivity contribution in [2.24, 2.45) is 11.3 Å². The minimum Gasteiger partial charge on any atom is -0.396 e. The zero-order chi connectivity index (χ0) is 14.6. The van der Waals surface area contributed by atoms with E-state index in [2.05, 4.69) is 34.3 Å². The molecule has 1 rings (SSSR count). The molecule has 0 saturated heterocycles. The van der Waals surface area contributed by atoms with Crippen LogP contribution in [-0.2, 0) is 0 Å². The Morgan fingerprint density at radius 3 is 2.42 bits per heavy atom. The zero-order valence-electron chi connectivity index (χ0n) is 13.0. The Kier molecular flexibility index (Phi) is 5.82. The second-order valence-corrected chi connectivity index (χ2v) is 6.66. The van der Waals surface area contributed by atoms with Gasteiger partial charge >= 0.3 is 0 Å². The first-order chi connectivity index (χ1) is 8.81. The first-order valence-electron chi connectivity index (χ1n) is 7.43. The second kappa shape index (κ2) is 6.71. The highest BCUT2D eigenvalue weighted by atomic mass is 16.3. The fourth-order valence-corrected chi connectivity index (χ4v) is 3.52. The topological polar surface area (TPSA) is 40.5 Å². The monoisotopic (exact) mass is 266 g/mol. The minimum atomic E-state index is -0.344. The van der Waals surface area contributed by atoms with E-state index in [-0.39, 0.29) is 24.0 Å². The van der Waals surface area contributed by atoms with Crippen molar-refractivity contribution in [2.75, 3.05) is 6.61 Å². The highest BCUT2D eigenvalue weighted by Crippen LogP contribution is 2.45. The van der Waals surface area contributed by atoms with Crippen LogP contribution in [0.1, 0.15) is 59.8 Å². The Balaban J connectivity index is 2.78. The molecule has 1 aliphatic carbocycles. The van der Waals surface area contributed by atoms with E-state index in [1.165, 1.54) is 11.1 Å². The average molecular weight is 266 g/mol. The average Bonchev–Trinajstić information content (AvgIpc) is 2.28. The minimum absolute atomic E-state index is 0.0183. The summed E-state index contributed by atoms with van der Waals surface area (Å²) < 4.78 is 0. The van der Waals surface area contributed by atoms with Gasteiger partial charge in [0.15, 0.2) is 0 Å². The maximum absolute atomic E-state index is 10.1. The van der Waals surface area contributed by atoms with E-state index in [4.69, 9.17) is 0 Å². The van der Waals surface area contributed by atoms with Crippen LogP contribution in [-0.4, -0.2) is 22.9 Å². The Hall–Kier alpha value is -0.600. The van der Waals surface area contributed by atoms with Crippen LogP contribution in [0.4, 0.5) is 0 Å². The van der Waals surface area contributed by atoms with Crippen LogP contribution < -0.4 is 0 Å². The summed E-state index contributed by atoms with van der Waals surface area (Å²) in [5.74, 6) is 0.0183. The molecular formula is C17H30O2. The molecule has 2 heteroatoms. The summed E-state index contributed by atoms with van der Waals surface area (Å²) in [4.78, 5) is 0. The van der Waals surface area contributed by atoms with Crippen LogP contribution in [0.15, 0.2) is 23.3 Å². The molecule has 2 nitrogen and oxygen atoms in total. The van der Waals surface area contributed by atoms with Crippen molar-refractivity contribution < 1.29 is 10.2 Å². The predicted octanol–water partition coefficient (Wildman–Crippen LogP) is 3.84. The van der Waals surface area contributed by atoms with E-state index in [9.17, 15) is 10.2 Å². The van der Waals surface area contributed by atoms with Crippen molar-refractivity contribution >= 4 is 0 Å². The van der Waals surface area contributed by atoms with Gasteiger partial charge in [-0.25, -0.2) is 0 Å². The van der Waals surface area contributed by atoms with Gasteiger partial charge in [0.25, 0.3) is 0 Å². The molecule has 0 aliphatic heterocycles. The number of rotatable bonds is 5. The van der Waals surface area contributed by atoms with Crippen LogP contribution in [0.5, 0.6) is 0 Å². The summed E-state index contributed by atoms with van der Waals surface area (Å²) in [6.07, 6.45) is 4.66. The summed E-state index contributed by atoms with van der Waals surface area (Å²) >= 11 is 0. The SMILES string of the molecule is C=C(C)C(CC[C@]1(C)CCC[C@@H](O)[C@H]1CO)=C(C)C. The first kappa shape index (κ1) is 16.5. The van der Waals surface area contributed by atoms with Crippen LogP contribution in [0.3, 0.4) is 0 Å². The van der Waals surface area contributed by atoms with E-state index in [0.29, 0.717) is 0 Å². The molecule has 1 fully saturated rings. The Bertz CT molecular complexity index is 352. The maximum Gasteiger partial charge on any atom is 0.0595 e. The van der Waals surface area contributed by atoms with Crippen molar-refractivity contribution in [1.29, 1.82) is 0 Å². The molecule has 19 heavy (non-hydrogen) atoms. The third-order valence-corrected chi connectivity index (χ3v) is 4.87. The molecule has 0 spiro atoms. The number of aliphatic hydroxyl groups is 2. The lowest BCUT2D eigenvalue weighted by Crippen LogP contribution is -2.42. The molecule has 3 atom stereocenters. The molecular weight excluding hydrogens is 236 g/mol. The molecule has 0 amide bonds. The third kappa shape index (κ3) is 3.93. The summed E-state index contributed by atoms with van der Waals surface area (Å²) in [6, 6.07) is 0. The lowest BCUT2D eigenvalue weighted by Gasteiger charge is -2.44. The second-order valence-electron chi connectivity index (χ2n) is 6.66. The van der Waals surface area contributed by atoms with Crippen molar-refractivity contribution in [1.82, 2.24) is 0 Å². The van der Waals surface area contributed by atoms with Gasteiger partial charge in [0.1, 0.15) is 0 Å². The van der Waals surface area contributed by atoms with Crippen LogP contribution >= 0.6 is 0 Å². The van der Waals surface area contributed by atoms with Crippen molar-refractivity contribution in [3.8, 4) is 0 Å². The Morgan fingerprint density at radius 1 is 1.32 bits per heavy atom. The first-order valence-corrected chi connectivity index (χ1v) is 7.43. The Morgan fingerprint density at radius 2 is 1.95 bits per heavy atom. The van der Waals surface area contributed by atoms with E-state index in [0.717, 1.165) is 37.7 Å². The summed E-state index contributed by atoms with van der Waals surface area (Å²) in [5.41, 5.74) is 3.86. The molecule has 0 radical (unpaired) electrons. The molecule has 110 valence electrons. The molecule has 0 aromatic rings. The van der Waals surface area contributed by atoms with Crippen LogP contribution in [0, 0.1) is 11.3 Å². The third-order valence-electron chi connectivity index (χ3n) is 4.87. The zero-order valence-corrected chi connectivity index (χ0v) is 13.0. The van der Waals surface area contributed by atoms with Gasteiger partial charge in [-0.15, -0.1) is 0 Å². The quantitative estimate of drug-likeness (QED) is 0.742. The number of hydrogen-bond donors (Lipinski definition) is 2. The predicted molar refractivity (Wildman–Crippen MR) is 81.0 cm³/mol. The van der Waals surface area contributed by atoms with Crippen molar-refractivity contribution in [2.45, 2.75) is 65.9 Å². The Labute approximate surface area is 118 Å². The largest absolute Gasteiger partial charge is 0.396 e. The molecule has 0 aromatic carbocycles. The molecule has 0 aromatic heterocycles. The van der Waals surface area contributed by atoms with Gasteiger partial charge in [0, 0.05) is 12.5 Å².